The predicted octanol–water partition coefficient (Wildman–Crippen LogP) is 17.4. The van der Waals surface area contributed by atoms with Gasteiger partial charge in [-0.1, -0.05) is 206 Å². The highest BCUT2D eigenvalue weighted by molar-refractivity contribution is 5.97. The van der Waals surface area contributed by atoms with Crippen molar-refractivity contribution in [3.05, 3.63) is 305 Å². The van der Waals surface area contributed by atoms with E-state index in [2.05, 4.69) is 260 Å². The fraction of sp³-hybridized carbons (Fsp3) is 0.0294. The van der Waals surface area contributed by atoms with Gasteiger partial charge < -0.3 is 14.4 Å². The third-order valence-electron chi connectivity index (χ3n) is 15.6. The number of anilines is 3. The first kappa shape index (κ1) is 39.8. The van der Waals surface area contributed by atoms with Gasteiger partial charge >= 0.3 is 0 Å². The normalized spacial score (nSPS) is 14.1. The van der Waals surface area contributed by atoms with Crippen molar-refractivity contribution < 1.29 is 9.47 Å². The number of nitrogens with zero attached hydrogens (tertiary/aromatic N) is 1. The van der Waals surface area contributed by atoms with Gasteiger partial charge in [0, 0.05) is 17.4 Å². The van der Waals surface area contributed by atoms with Crippen LogP contribution in [0.3, 0.4) is 0 Å². The number of fused-ring (bicyclic) bond motifs is 15. The lowest BCUT2D eigenvalue weighted by Gasteiger charge is -2.35. The van der Waals surface area contributed by atoms with Crippen LogP contribution in [0.2, 0.25) is 0 Å². The Kier molecular flexibility index (Phi) is 8.49. The van der Waals surface area contributed by atoms with Crippen LogP contribution in [-0.2, 0) is 10.8 Å². The minimum absolute atomic E-state index is 0.482. The van der Waals surface area contributed by atoms with Gasteiger partial charge in [-0.2, -0.15) is 0 Å². The summed E-state index contributed by atoms with van der Waals surface area (Å²) < 4.78 is 13.8. The number of para-hydroxylation sites is 1. The molecule has 15 rings (SSSR count). The van der Waals surface area contributed by atoms with Crippen molar-refractivity contribution in [2.75, 3.05) is 4.90 Å². The molecule has 1 spiro atoms. The molecule has 4 aliphatic rings. The van der Waals surface area contributed by atoms with Crippen molar-refractivity contribution >= 4 is 17.1 Å². The molecule has 0 aromatic heterocycles. The Labute approximate surface area is 413 Å². The zero-order chi connectivity index (χ0) is 46.7. The molecule has 11 aromatic rings. The molecule has 3 aliphatic carbocycles. The molecule has 1 heterocycles. The molecule has 332 valence electrons. The Bertz CT molecular complexity index is 3850. The second-order valence-electron chi connectivity index (χ2n) is 19.0. The highest BCUT2D eigenvalue weighted by Gasteiger charge is 2.52. The molecule has 11 aromatic carbocycles. The topological polar surface area (TPSA) is 21.7 Å². The third kappa shape index (κ3) is 5.49. The first-order valence-corrected chi connectivity index (χ1v) is 24.5. The average molecular weight is 906 g/mol. The smallest absolute Gasteiger partial charge is 0.172 e. The average Bonchev–Trinajstić information content (AvgIpc) is 4.04. The number of hydrogen-bond donors (Lipinski definition) is 0. The van der Waals surface area contributed by atoms with E-state index in [-0.39, 0.29) is 0 Å². The van der Waals surface area contributed by atoms with Gasteiger partial charge in [-0.05, 0) is 138 Å². The first-order chi connectivity index (χ1) is 35.2. The molecular formula is C68H43NO2. The van der Waals surface area contributed by atoms with Crippen LogP contribution in [0.1, 0.15) is 44.5 Å². The number of rotatable bonds is 6. The molecule has 71 heavy (non-hydrogen) atoms. The Hall–Kier alpha value is -9.18. The molecule has 0 fully saturated rings. The van der Waals surface area contributed by atoms with Gasteiger partial charge in [0.1, 0.15) is 0 Å². The second kappa shape index (κ2) is 15.2. The maximum absolute atomic E-state index is 7.03. The van der Waals surface area contributed by atoms with Gasteiger partial charge in [-0.3, -0.25) is 0 Å². The van der Waals surface area contributed by atoms with Crippen LogP contribution in [-0.4, -0.2) is 0 Å². The maximum Gasteiger partial charge on any atom is 0.172 e. The summed E-state index contributed by atoms with van der Waals surface area (Å²) in [5.74, 6) is 2.77. The van der Waals surface area contributed by atoms with Crippen LogP contribution < -0.4 is 14.4 Å². The summed E-state index contributed by atoms with van der Waals surface area (Å²) in [6.45, 7) is 0. The van der Waals surface area contributed by atoms with Crippen molar-refractivity contribution in [3.8, 4) is 67.5 Å². The molecule has 1 aliphatic heterocycles. The standard InChI is InChI=1S/C68H43NO2/c1-4-19-45(20-5-1)67(46-21-6-2-7-22-46)57-31-14-12-27-53(57)55-30-18-29-50(66(55)67)44-35-37-48(38-36-44)69(47-23-8-3-9-24-47)49-39-40-62-63(41-49)71-65-43-61-56(42-64(65)70-62)54-28-13-17-34-60(54)68(61)58-32-15-10-25-51(58)52-26-11-16-33-59(52)68/h1-43H. The van der Waals surface area contributed by atoms with Crippen molar-refractivity contribution in [1.82, 2.24) is 0 Å². The van der Waals surface area contributed by atoms with Crippen LogP contribution in [0, 0.1) is 0 Å². The monoisotopic (exact) mass is 905 g/mol. The molecular weight excluding hydrogens is 863 g/mol. The summed E-state index contributed by atoms with van der Waals surface area (Å²) in [5.41, 5.74) is 22.1. The van der Waals surface area contributed by atoms with E-state index in [9.17, 15) is 0 Å². The third-order valence-corrected chi connectivity index (χ3v) is 15.6. The van der Waals surface area contributed by atoms with Crippen LogP contribution >= 0.6 is 0 Å². The van der Waals surface area contributed by atoms with Crippen molar-refractivity contribution in [2.24, 2.45) is 0 Å². The van der Waals surface area contributed by atoms with Crippen LogP contribution in [0.25, 0.3) is 44.5 Å². The van der Waals surface area contributed by atoms with Gasteiger partial charge in [0.2, 0.25) is 0 Å². The van der Waals surface area contributed by atoms with Gasteiger partial charge in [0.15, 0.2) is 23.0 Å². The second-order valence-corrected chi connectivity index (χ2v) is 19.0. The van der Waals surface area contributed by atoms with Gasteiger partial charge in [0.05, 0.1) is 16.5 Å². The molecule has 0 atom stereocenters. The highest BCUT2D eigenvalue weighted by atomic mass is 16.6. The van der Waals surface area contributed by atoms with E-state index in [1.54, 1.807) is 0 Å². The van der Waals surface area contributed by atoms with E-state index in [1.165, 1.54) is 83.5 Å². The van der Waals surface area contributed by atoms with Crippen molar-refractivity contribution in [1.29, 1.82) is 0 Å². The molecule has 0 bridgehead atoms. The van der Waals surface area contributed by atoms with Gasteiger partial charge in [-0.25, -0.2) is 0 Å². The number of ether oxygens (including phenoxy) is 2. The van der Waals surface area contributed by atoms with Crippen molar-refractivity contribution in [2.45, 2.75) is 10.8 Å². The molecule has 0 saturated carbocycles. The van der Waals surface area contributed by atoms with E-state index >= 15 is 0 Å². The van der Waals surface area contributed by atoms with E-state index < -0.39 is 10.8 Å². The molecule has 3 heteroatoms. The van der Waals surface area contributed by atoms with Crippen LogP contribution in [0.4, 0.5) is 17.1 Å². The van der Waals surface area contributed by atoms with Crippen LogP contribution in [0.5, 0.6) is 23.0 Å². The zero-order valence-electron chi connectivity index (χ0n) is 38.6. The first-order valence-electron chi connectivity index (χ1n) is 24.5. The lowest BCUT2D eigenvalue weighted by Crippen LogP contribution is -2.29. The molecule has 0 amide bonds. The van der Waals surface area contributed by atoms with Crippen molar-refractivity contribution in [3.63, 3.8) is 0 Å². The SMILES string of the molecule is c1ccc(N(c2ccc(-c3cccc4c3C(c3ccccc3)(c3ccccc3)c3ccccc3-4)cc2)c2ccc3c(c2)Oc2cc4c(cc2O3)-c2ccccc2C42c3ccccc3-c3ccccc32)cc1. The van der Waals surface area contributed by atoms with Gasteiger partial charge in [0.25, 0.3) is 0 Å². The quantitative estimate of drug-likeness (QED) is 0.166. The fourth-order valence-electron chi connectivity index (χ4n) is 12.9. The summed E-state index contributed by atoms with van der Waals surface area (Å²) in [4.78, 5) is 2.30. The highest BCUT2D eigenvalue weighted by Crippen LogP contribution is 2.65. The Morgan fingerprint density at radius 2 is 0.676 bits per heavy atom. The summed E-state index contributed by atoms with van der Waals surface area (Å²) in [6, 6.07) is 94.8. The summed E-state index contributed by atoms with van der Waals surface area (Å²) in [5, 5.41) is 0. The van der Waals surface area contributed by atoms with E-state index in [1.807, 2.05) is 6.07 Å². The fourth-order valence-corrected chi connectivity index (χ4v) is 12.9. The minimum atomic E-state index is -0.514. The predicted molar refractivity (Wildman–Crippen MR) is 287 cm³/mol. The van der Waals surface area contributed by atoms with Gasteiger partial charge in [-0.15, -0.1) is 0 Å². The van der Waals surface area contributed by atoms with Crippen LogP contribution in [0.15, 0.2) is 261 Å². The Morgan fingerprint density at radius 3 is 1.28 bits per heavy atom. The number of benzene rings is 11. The Balaban J connectivity index is 0.838. The van der Waals surface area contributed by atoms with E-state index in [4.69, 9.17) is 9.47 Å². The molecule has 0 unspecified atom stereocenters. The molecule has 0 radical (unpaired) electrons. The minimum Gasteiger partial charge on any atom is -0.449 e. The lowest BCUT2D eigenvalue weighted by atomic mass is 9.66. The zero-order valence-corrected chi connectivity index (χ0v) is 38.6. The Morgan fingerprint density at radius 1 is 0.254 bits per heavy atom. The molecule has 0 N–H and O–H groups in total. The molecule has 0 saturated heterocycles. The largest absolute Gasteiger partial charge is 0.449 e. The summed E-state index contributed by atoms with van der Waals surface area (Å²) in [7, 11) is 0. The van der Waals surface area contributed by atoms with E-state index in [0.29, 0.717) is 23.0 Å². The maximum atomic E-state index is 7.03. The number of hydrogen-bond acceptors (Lipinski definition) is 3. The molecule has 3 nitrogen and oxygen atoms in total. The lowest BCUT2D eigenvalue weighted by molar-refractivity contribution is 0.359. The summed E-state index contributed by atoms with van der Waals surface area (Å²) >= 11 is 0. The summed E-state index contributed by atoms with van der Waals surface area (Å²) in [6.07, 6.45) is 0. The van der Waals surface area contributed by atoms with E-state index in [0.717, 1.165) is 22.6 Å².